The SMILES string of the molecule is Cc1ccc(C(=O)N2CCCCC2C(N)=NO)cc1C. The first-order chi connectivity index (χ1) is 9.54. The van der Waals surface area contributed by atoms with Crippen molar-refractivity contribution < 1.29 is 10.0 Å². The molecule has 0 aromatic heterocycles. The molecule has 2 rings (SSSR count). The molecule has 3 N–H and O–H groups in total. The molecule has 1 fully saturated rings. The lowest BCUT2D eigenvalue weighted by Gasteiger charge is -2.35. The van der Waals surface area contributed by atoms with Crippen LogP contribution < -0.4 is 5.73 Å². The van der Waals surface area contributed by atoms with E-state index in [0.29, 0.717) is 12.1 Å². The van der Waals surface area contributed by atoms with Gasteiger partial charge < -0.3 is 15.8 Å². The molecule has 5 nitrogen and oxygen atoms in total. The average molecular weight is 275 g/mol. The number of hydrogen-bond donors (Lipinski definition) is 2. The molecule has 0 saturated carbocycles. The summed E-state index contributed by atoms with van der Waals surface area (Å²) in [5.74, 6) is 0.0614. The van der Waals surface area contributed by atoms with Crippen LogP contribution in [0.15, 0.2) is 23.4 Å². The van der Waals surface area contributed by atoms with Crippen LogP contribution in [-0.4, -0.2) is 34.4 Å². The third-order valence-corrected chi connectivity index (χ3v) is 3.97. The van der Waals surface area contributed by atoms with Crippen molar-refractivity contribution in [2.75, 3.05) is 6.54 Å². The lowest BCUT2D eigenvalue weighted by atomic mass is 9.99. The second-order valence-electron chi connectivity index (χ2n) is 5.33. The highest BCUT2D eigenvalue weighted by molar-refractivity contribution is 5.98. The first-order valence-corrected chi connectivity index (χ1v) is 6.90. The van der Waals surface area contributed by atoms with Gasteiger partial charge in [0.15, 0.2) is 5.84 Å². The molecule has 1 amide bonds. The van der Waals surface area contributed by atoms with Gasteiger partial charge in [0.25, 0.3) is 5.91 Å². The number of oxime groups is 1. The van der Waals surface area contributed by atoms with E-state index in [0.717, 1.165) is 30.4 Å². The highest BCUT2D eigenvalue weighted by atomic mass is 16.4. The van der Waals surface area contributed by atoms with Crippen molar-refractivity contribution >= 4 is 11.7 Å². The second-order valence-corrected chi connectivity index (χ2v) is 5.33. The van der Waals surface area contributed by atoms with Crippen LogP contribution in [0.5, 0.6) is 0 Å². The van der Waals surface area contributed by atoms with Crippen LogP contribution >= 0.6 is 0 Å². The van der Waals surface area contributed by atoms with Gasteiger partial charge in [0.05, 0.1) is 6.04 Å². The molecule has 1 aliphatic rings. The van der Waals surface area contributed by atoms with Crippen molar-refractivity contribution in [1.29, 1.82) is 0 Å². The van der Waals surface area contributed by atoms with Crippen molar-refractivity contribution in [2.24, 2.45) is 10.9 Å². The Bertz CT molecular complexity index is 540. The zero-order valence-corrected chi connectivity index (χ0v) is 12.0. The largest absolute Gasteiger partial charge is 0.409 e. The van der Waals surface area contributed by atoms with E-state index in [1.54, 1.807) is 4.90 Å². The zero-order chi connectivity index (χ0) is 14.7. The summed E-state index contributed by atoms with van der Waals surface area (Å²) in [6, 6.07) is 5.38. The Kier molecular flexibility index (Phi) is 4.27. The minimum Gasteiger partial charge on any atom is -0.409 e. The van der Waals surface area contributed by atoms with Gasteiger partial charge in [-0.05, 0) is 56.4 Å². The minimum atomic E-state index is -0.303. The molecule has 1 heterocycles. The molecule has 20 heavy (non-hydrogen) atoms. The van der Waals surface area contributed by atoms with Crippen LogP contribution in [0.4, 0.5) is 0 Å². The monoisotopic (exact) mass is 275 g/mol. The van der Waals surface area contributed by atoms with Crippen LogP contribution in [0.25, 0.3) is 0 Å². The van der Waals surface area contributed by atoms with Crippen molar-refractivity contribution in [3.63, 3.8) is 0 Å². The molecule has 5 heteroatoms. The molecule has 1 saturated heterocycles. The number of carbonyl (C=O) groups is 1. The summed E-state index contributed by atoms with van der Waals surface area (Å²) in [6.45, 7) is 4.65. The Hall–Kier alpha value is -2.04. The van der Waals surface area contributed by atoms with Crippen LogP contribution in [0, 0.1) is 13.8 Å². The van der Waals surface area contributed by atoms with Gasteiger partial charge in [0.2, 0.25) is 0 Å². The number of rotatable bonds is 2. The van der Waals surface area contributed by atoms with Gasteiger partial charge in [-0.25, -0.2) is 0 Å². The molecule has 108 valence electrons. The number of carbonyl (C=O) groups excluding carboxylic acids is 1. The van der Waals surface area contributed by atoms with Crippen LogP contribution in [0.3, 0.4) is 0 Å². The highest BCUT2D eigenvalue weighted by Gasteiger charge is 2.30. The molecule has 1 atom stereocenters. The van der Waals surface area contributed by atoms with Gasteiger partial charge in [-0.2, -0.15) is 0 Å². The fraction of sp³-hybridized carbons (Fsp3) is 0.467. The van der Waals surface area contributed by atoms with E-state index < -0.39 is 0 Å². The molecule has 1 aromatic carbocycles. The van der Waals surface area contributed by atoms with E-state index in [1.165, 1.54) is 0 Å². The molecule has 1 aliphatic heterocycles. The summed E-state index contributed by atoms with van der Waals surface area (Å²) < 4.78 is 0. The standard InChI is InChI=1S/C15H21N3O2/c1-10-6-7-12(9-11(10)2)15(19)18-8-4-3-5-13(18)14(16)17-20/h6-7,9,13,20H,3-5,8H2,1-2H3,(H2,16,17). The van der Waals surface area contributed by atoms with Crippen molar-refractivity contribution in [2.45, 2.75) is 39.2 Å². The number of nitrogens with two attached hydrogens (primary N) is 1. The maximum absolute atomic E-state index is 12.6. The first kappa shape index (κ1) is 14.4. The Morgan fingerprint density at radius 1 is 1.35 bits per heavy atom. The molecule has 0 aliphatic carbocycles. The Morgan fingerprint density at radius 3 is 2.75 bits per heavy atom. The van der Waals surface area contributed by atoms with E-state index in [-0.39, 0.29) is 17.8 Å². The van der Waals surface area contributed by atoms with Crippen molar-refractivity contribution in [3.8, 4) is 0 Å². The summed E-state index contributed by atoms with van der Waals surface area (Å²) in [5, 5.41) is 11.9. The fourth-order valence-electron chi connectivity index (χ4n) is 2.59. The van der Waals surface area contributed by atoms with E-state index in [9.17, 15) is 4.79 Å². The third kappa shape index (κ3) is 2.76. The number of amidine groups is 1. The highest BCUT2D eigenvalue weighted by Crippen LogP contribution is 2.21. The Labute approximate surface area is 119 Å². The van der Waals surface area contributed by atoms with Gasteiger partial charge in [0, 0.05) is 12.1 Å². The Balaban J connectivity index is 2.27. The lowest BCUT2D eigenvalue weighted by molar-refractivity contribution is 0.0676. The predicted molar refractivity (Wildman–Crippen MR) is 78.0 cm³/mol. The molecule has 0 radical (unpaired) electrons. The van der Waals surface area contributed by atoms with E-state index in [1.807, 2.05) is 32.0 Å². The first-order valence-electron chi connectivity index (χ1n) is 6.90. The number of amides is 1. The normalized spacial score (nSPS) is 20.0. The topological polar surface area (TPSA) is 78.9 Å². The van der Waals surface area contributed by atoms with Crippen molar-refractivity contribution in [1.82, 2.24) is 4.90 Å². The van der Waals surface area contributed by atoms with Gasteiger partial charge in [-0.1, -0.05) is 11.2 Å². The number of aryl methyl sites for hydroxylation is 2. The molecule has 1 unspecified atom stereocenters. The number of benzene rings is 1. The van der Waals surface area contributed by atoms with E-state index in [2.05, 4.69) is 5.16 Å². The number of likely N-dealkylation sites (tertiary alicyclic amines) is 1. The molecular formula is C15H21N3O2. The second kappa shape index (κ2) is 5.94. The van der Waals surface area contributed by atoms with Gasteiger partial charge in [0.1, 0.15) is 0 Å². The van der Waals surface area contributed by atoms with Crippen LogP contribution in [-0.2, 0) is 0 Å². The zero-order valence-electron chi connectivity index (χ0n) is 12.0. The van der Waals surface area contributed by atoms with Gasteiger partial charge >= 0.3 is 0 Å². The van der Waals surface area contributed by atoms with Crippen molar-refractivity contribution in [3.05, 3.63) is 34.9 Å². The summed E-state index contributed by atoms with van der Waals surface area (Å²) in [6.07, 6.45) is 2.68. The molecule has 0 spiro atoms. The number of piperidine rings is 1. The molecular weight excluding hydrogens is 254 g/mol. The van der Waals surface area contributed by atoms with E-state index >= 15 is 0 Å². The molecule has 0 bridgehead atoms. The smallest absolute Gasteiger partial charge is 0.254 e. The van der Waals surface area contributed by atoms with E-state index in [4.69, 9.17) is 10.9 Å². The van der Waals surface area contributed by atoms with Crippen LogP contribution in [0.1, 0.15) is 40.7 Å². The quantitative estimate of drug-likeness (QED) is 0.375. The predicted octanol–water partition coefficient (Wildman–Crippen LogP) is 2.04. The molecule has 1 aromatic rings. The van der Waals surface area contributed by atoms with Gasteiger partial charge in [-0.15, -0.1) is 0 Å². The summed E-state index contributed by atoms with van der Waals surface area (Å²) in [7, 11) is 0. The lowest BCUT2D eigenvalue weighted by Crippen LogP contribution is -2.50. The summed E-state index contributed by atoms with van der Waals surface area (Å²) in [5.41, 5.74) is 8.62. The number of hydrogen-bond acceptors (Lipinski definition) is 3. The number of nitrogens with zero attached hydrogens (tertiary/aromatic N) is 2. The third-order valence-electron chi connectivity index (χ3n) is 3.97. The average Bonchev–Trinajstić information content (AvgIpc) is 2.48. The summed E-state index contributed by atoms with van der Waals surface area (Å²) >= 11 is 0. The summed E-state index contributed by atoms with van der Waals surface area (Å²) in [4.78, 5) is 14.3. The van der Waals surface area contributed by atoms with Gasteiger partial charge in [-0.3, -0.25) is 4.79 Å². The maximum Gasteiger partial charge on any atom is 0.254 e. The fourth-order valence-corrected chi connectivity index (χ4v) is 2.59. The maximum atomic E-state index is 12.6. The van der Waals surface area contributed by atoms with Crippen LogP contribution in [0.2, 0.25) is 0 Å². The Morgan fingerprint density at radius 2 is 2.10 bits per heavy atom. The minimum absolute atomic E-state index is 0.0515.